The fourth-order valence-corrected chi connectivity index (χ4v) is 1.20. The summed E-state index contributed by atoms with van der Waals surface area (Å²) in [6, 6.07) is 0. The molecule has 100 valence electrons. The van der Waals surface area contributed by atoms with E-state index in [-0.39, 0.29) is 6.61 Å². The molecule has 1 rings (SSSR count). The minimum atomic E-state index is -5.51. The molecule has 1 aliphatic rings. The van der Waals surface area contributed by atoms with Crippen LogP contribution in [-0.4, -0.2) is 45.3 Å². The maximum atomic E-state index is 11.8. The molecule has 1 N–H and O–H groups in total. The van der Waals surface area contributed by atoms with E-state index in [4.69, 9.17) is 4.74 Å². The molecule has 1 heterocycles. The van der Waals surface area contributed by atoms with Crippen LogP contribution in [0.1, 0.15) is 6.92 Å². The number of rotatable bonds is 5. The van der Waals surface area contributed by atoms with Gasteiger partial charge in [-0.05, 0) is 6.92 Å². The zero-order valence-electron chi connectivity index (χ0n) is 8.70. The summed E-state index contributed by atoms with van der Waals surface area (Å²) >= 11 is 0. The third kappa shape index (κ3) is 4.13. The van der Waals surface area contributed by atoms with Crippen molar-refractivity contribution in [2.75, 3.05) is 19.8 Å². The first-order valence-electron chi connectivity index (χ1n) is 4.41. The zero-order valence-corrected chi connectivity index (χ0v) is 9.52. The highest BCUT2D eigenvalue weighted by Gasteiger charge is 2.46. The summed E-state index contributed by atoms with van der Waals surface area (Å²) in [5.74, 6) is -1.10. The number of nitrogens with one attached hydrogen (secondary N) is 1. The van der Waals surface area contributed by atoms with Crippen LogP contribution in [0.5, 0.6) is 0 Å². The zero-order chi connectivity index (χ0) is 13.3. The number of carbonyl (C=O) groups is 1. The number of sulfonamides is 1. The molecular formula is C7H10F3NO5S. The van der Waals surface area contributed by atoms with Gasteiger partial charge < -0.3 is 9.47 Å². The number of halogens is 3. The van der Waals surface area contributed by atoms with Gasteiger partial charge in [0.05, 0.1) is 6.61 Å². The number of carbonyl (C=O) groups excluding carboxylic acids is 1. The number of esters is 1. The monoisotopic (exact) mass is 277 g/mol. The Hall–Kier alpha value is -0.870. The summed E-state index contributed by atoms with van der Waals surface area (Å²) in [5.41, 5.74) is -6.04. The van der Waals surface area contributed by atoms with E-state index in [0.29, 0.717) is 6.61 Å². The smallest absolute Gasteiger partial charge is 0.462 e. The molecule has 0 bridgehead atoms. The van der Waals surface area contributed by atoms with E-state index < -0.39 is 33.6 Å². The van der Waals surface area contributed by atoms with Crippen molar-refractivity contribution < 1.29 is 35.9 Å². The first-order chi connectivity index (χ1) is 7.56. The summed E-state index contributed by atoms with van der Waals surface area (Å²) in [4.78, 5) is 10.9. The molecule has 0 aliphatic carbocycles. The first-order valence-corrected chi connectivity index (χ1v) is 5.90. The second-order valence-electron chi connectivity index (χ2n) is 3.67. The van der Waals surface area contributed by atoms with Crippen molar-refractivity contribution in [2.24, 2.45) is 0 Å². The number of hydrogen-bond donors (Lipinski definition) is 1. The molecule has 0 aromatic rings. The fraction of sp³-hybridized carbons (Fsp3) is 0.857. The summed E-state index contributed by atoms with van der Waals surface area (Å²) in [7, 11) is -5.51. The Kier molecular flexibility index (Phi) is 3.69. The molecular weight excluding hydrogens is 267 g/mol. The second kappa shape index (κ2) is 4.42. The van der Waals surface area contributed by atoms with E-state index in [1.54, 1.807) is 6.92 Å². The molecule has 0 aromatic heterocycles. The molecule has 1 unspecified atom stereocenters. The normalized spacial score (nSPS) is 24.5. The summed E-state index contributed by atoms with van der Waals surface area (Å²) < 4.78 is 67.0. The predicted octanol–water partition coefficient (Wildman–Crippen LogP) is -0.242. The first kappa shape index (κ1) is 14.2. The van der Waals surface area contributed by atoms with Crippen LogP contribution in [0.3, 0.4) is 0 Å². The molecule has 1 fully saturated rings. The van der Waals surface area contributed by atoms with Crippen molar-refractivity contribution in [3.8, 4) is 0 Å². The van der Waals surface area contributed by atoms with E-state index in [9.17, 15) is 26.4 Å². The highest BCUT2D eigenvalue weighted by Crippen LogP contribution is 2.25. The van der Waals surface area contributed by atoms with Crippen LogP contribution in [-0.2, 0) is 24.3 Å². The van der Waals surface area contributed by atoms with Crippen molar-refractivity contribution in [1.82, 2.24) is 4.72 Å². The third-order valence-electron chi connectivity index (χ3n) is 1.89. The van der Waals surface area contributed by atoms with Crippen LogP contribution in [0, 0.1) is 0 Å². The van der Waals surface area contributed by atoms with Gasteiger partial charge in [-0.15, -0.1) is 0 Å². The number of ether oxygens (including phenoxy) is 2. The van der Waals surface area contributed by atoms with Crippen molar-refractivity contribution in [1.29, 1.82) is 0 Å². The van der Waals surface area contributed by atoms with Crippen molar-refractivity contribution in [3.05, 3.63) is 0 Å². The quantitative estimate of drug-likeness (QED) is 0.553. The number of alkyl halides is 3. The van der Waals surface area contributed by atoms with E-state index >= 15 is 0 Å². The molecule has 0 radical (unpaired) electrons. The lowest BCUT2D eigenvalue weighted by atomic mass is 10.2. The van der Waals surface area contributed by atoms with Crippen LogP contribution in [0.15, 0.2) is 0 Å². The van der Waals surface area contributed by atoms with Gasteiger partial charge in [-0.3, -0.25) is 4.79 Å². The summed E-state index contributed by atoms with van der Waals surface area (Å²) in [6.07, 6.45) is 0. The highest BCUT2D eigenvalue weighted by molar-refractivity contribution is 7.90. The fourth-order valence-electron chi connectivity index (χ4n) is 0.726. The molecule has 0 amide bonds. The maximum absolute atomic E-state index is 11.8. The van der Waals surface area contributed by atoms with Gasteiger partial charge in [0.25, 0.3) is 0 Å². The van der Waals surface area contributed by atoms with Gasteiger partial charge >= 0.3 is 21.5 Å². The minimum absolute atomic E-state index is 0.125. The average molecular weight is 277 g/mol. The molecule has 0 spiro atoms. The Morgan fingerprint density at radius 1 is 1.53 bits per heavy atom. The molecule has 6 nitrogen and oxygen atoms in total. The Labute approximate surface area is 95.1 Å². The Balaban J connectivity index is 2.33. The maximum Gasteiger partial charge on any atom is 0.511 e. The molecule has 1 saturated heterocycles. The third-order valence-corrected chi connectivity index (χ3v) is 3.02. The van der Waals surface area contributed by atoms with E-state index in [2.05, 4.69) is 4.74 Å². The SMILES string of the molecule is CC1(COC(=O)CNS(=O)(=O)C(F)(F)F)CO1. The summed E-state index contributed by atoms with van der Waals surface area (Å²) in [6.45, 7) is 0.826. The van der Waals surface area contributed by atoms with E-state index in [0.717, 1.165) is 4.72 Å². The van der Waals surface area contributed by atoms with Gasteiger partial charge in [0, 0.05) is 0 Å². The average Bonchev–Trinajstić information content (AvgIpc) is 2.89. The second-order valence-corrected chi connectivity index (χ2v) is 5.43. The molecule has 17 heavy (non-hydrogen) atoms. The van der Waals surface area contributed by atoms with Gasteiger partial charge in [0.1, 0.15) is 18.8 Å². The van der Waals surface area contributed by atoms with E-state index in [1.165, 1.54) is 0 Å². The Morgan fingerprint density at radius 2 is 2.06 bits per heavy atom. The van der Waals surface area contributed by atoms with Gasteiger partial charge in [-0.2, -0.15) is 17.9 Å². The standard InChI is InChI=1S/C7H10F3NO5S/c1-6(4-16-6)3-15-5(12)2-11-17(13,14)7(8,9)10/h11H,2-4H2,1H3. The van der Waals surface area contributed by atoms with Crippen LogP contribution in [0.2, 0.25) is 0 Å². The predicted molar refractivity (Wildman–Crippen MR) is 48.3 cm³/mol. The number of epoxide rings is 1. The van der Waals surface area contributed by atoms with Gasteiger partial charge in [0.15, 0.2) is 0 Å². The molecule has 0 aromatic carbocycles. The summed E-state index contributed by atoms with van der Waals surface area (Å²) in [5, 5.41) is 0. The van der Waals surface area contributed by atoms with Gasteiger partial charge in [0.2, 0.25) is 0 Å². The van der Waals surface area contributed by atoms with Gasteiger partial charge in [-0.25, -0.2) is 8.42 Å². The molecule has 0 saturated carbocycles. The molecule has 1 atom stereocenters. The topological polar surface area (TPSA) is 85.0 Å². The Morgan fingerprint density at radius 3 is 2.47 bits per heavy atom. The Bertz CT molecular complexity index is 400. The lowest BCUT2D eigenvalue weighted by Crippen LogP contribution is -2.40. The van der Waals surface area contributed by atoms with Gasteiger partial charge in [-0.1, -0.05) is 0 Å². The largest absolute Gasteiger partial charge is 0.511 e. The van der Waals surface area contributed by atoms with Crippen molar-refractivity contribution >= 4 is 16.0 Å². The highest BCUT2D eigenvalue weighted by atomic mass is 32.2. The van der Waals surface area contributed by atoms with E-state index in [1.807, 2.05) is 0 Å². The lowest BCUT2D eigenvalue weighted by Gasteiger charge is -2.10. The van der Waals surface area contributed by atoms with Crippen LogP contribution in [0.25, 0.3) is 0 Å². The number of hydrogen-bond acceptors (Lipinski definition) is 5. The van der Waals surface area contributed by atoms with Crippen LogP contribution in [0.4, 0.5) is 13.2 Å². The minimum Gasteiger partial charge on any atom is -0.462 e. The van der Waals surface area contributed by atoms with Crippen molar-refractivity contribution in [3.63, 3.8) is 0 Å². The van der Waals surface area contributed by atoms with Crippen molar-refractivity contribution in [2.45, 2.75) is 18.0 Å². The van der Waals surface area contributed by atoms with Crippen LogP contribution >= 0.6 is 0 Å². The molecule has 1 aliphatic heterocycles. The van der Waals surface area contributed by atoms with Crippen LogP contribution < -0.4 is 4.72 Å². The molecule has 10 heteroatoms. The lowest BCUT2D eigenvalue weighted by molar-refractivity contribution is -0.143.